The molecule has 0 aliphatic carbocycles. The van der Waals surface area contributed by atoms with E-state index in [0.29, 0.717) is 18.0 Å². The summed E-state index contributed by atoms with van der Waals surface area (Å²) < 4.78 is 18.4. The standard InChI is InChI=1S/C12H11FN2O/c13-10-2-1-3-11(6-10)16-12-8-15-5-4-9(12)7-14/h1-6,8H,7,14H2. The SMILES string of the molecule is NCc1ccncc1Oc1cccc(F)c1. The number of rotatable bonds is 3. The Labute approximate surface area is 92.7 Å². The molecule has 0 aliphatic heterocycles. The number of benzene rings is 1. The lowest BCUT2D eigenvalue weighted by Gasteiger charge is -2.08. The average molecular weight is 218 g/mol. The van der Waals surface area contributed by atoms with Crippen molar-refractivity contribution in [3.63, 3.8) is 0 Å². The summed E-state index contributed by atoms with van der Waals surface area (Å²) in [5, 5.41) is 0. The monoisotopic (exact) mass is 218 g/mol. The van der Waals surface area contributed by atoms with Crippen molar-refractivity contribution >= 4 is 0 Å². The molecular weight excluding hydrogens is 207 g/mol. The minimum absolute atomic E-state index is 0.337. The van der Waals surface area contributed by atoms with Crippen LogP contribution in [0.4, 0.5) is 4.39 Å². The zero-order valence-electron chi connectivity index (χ0n) is 8.56. The highest BCUT2D eigenvalue weighted by atomic mass is 19.1. The Morgan fingerprint density at radius 3 is 2.94 bits per heavy atom. The largest absolute Gasteiger partial charge is 0.455 e. The van der Waals surface area contributed by atoms with Gasteiger partial charge in [-0.15, -0.1) is 0 Å². The maximum Gasteiger partial charge on any atom is 0.150 e. The maximum absolute atomic E-state index is 12.9. The van der Waals surface area contributed by atoms with Crippen LogP contribution in [0.15, 0.2) is 42.7 Å². The minimum Gasteiger partial charge on any atom is -0.455 e. The molecule has 0 unspecified atom stereocenters. The molecule has 82 valence electrons. The van der Waals surface area contributed by atoms with Crippen LogP contribution in [-0.4, -0.2) is 4.98 Å². The van der Waals surface area contributed by atoms with Gasteiger partial charge in [0.15, 0.2) is 0 Å². The van der Waals surface area contributed by atoms with E-state index in [4.69, 9.17) is 10.5 Å². The highest BCUT2D eigenvalue weighted by Gasteiger charge is 2.03. The van der Waals surface area contributed by atoms with Gasteiger partial charge in [-0.1, -0.05) is 6.07 Å². The van der Waals surface area contributed by atoms with Crippen LogP contribution in [0.2, 0.25) is 0 Å². The Kier molecular flexibility index (Phi) is 3.12. The smallest absolute Gasteiger partial charge is 0.150 e. The predicted octanol–water partition coefficient (Wildman–Crippen LogP) is 2.47. The summed E-state index contributed by atoms with van der Waals surface area (Å²) in [5.74, 6) is 0.647. The third-order valence-corrected chi connectivity index (χ3v) is 2.11. The van der Waals surface area contributed by atoms with E-state index in [1.807, 2.05) is 0 Å². The lowest BCUT2D eigenvalue weighted by molar-refractivity contribution is 0.468. The fraction of sp³-hybridized carbons (Fsp3) is 0.0833. The molecule has 1 heterocycles. The van der Waals surface area contributed by atoms with Crippen molar-refractivity contribution in [3.05, 3.63) is 54.1 Å². The number of nitrogens with two attached hydrogens (primary N) is 1. The van der Waals surface area contributed by atoms with E-state index >= 15 is 0 Å². The quantitative estimate of drug-likeness (QED) is 0.860. The van der Waals surface area contributed by atoms with Crippen molar-refractivity contribution in [2.75, 3.05) is 0 Å². The molecule has 0 atom stereocenters. The molecule has 0 bridgehead atoms. The highest BCUT2D eigenvalue weighted by Crippen LogP contribution is 2.24. The minimum atomic E-state index is -0.337. The number of pyridine rings is 1. The second-order valence-corrected chi connectivity index (χ2v) is 3.25. The van der Waals surface area contributed by atoms with E-state index in [-0.39, 0.29) is 5.82 Å². The summed E-state index contributed by atoms with van der Waals surface area (Å²) in [6, 6.07) is 7.71. The number of hydrogen-bond acceptors (Lipinski definition) is 3. The molecule has 0 saturated heterocycles. The van der Waals surface area contributed by atoms with Crippen molar-refractivity contribution in [2.45, 2.75) is 6.54 Å². The fourth-order valence-electron chi connectivity index (χ4n) is 1.33. The van der Waals surface area contributed by atoms with E-state index in [9.17, 15) is 4.39 Å². The molecule has 0 fully saturated rings. The average Bonchev–Trinajstić information content (AvgIpc) is 2.30. The van der Waals surface area contributed by atoms with E-state index in [1.54, 1.807) is 30.6 Å². The van der Waals surface area contributed by atoms with Crippen LogP contribution in [0.3, 0.4) is 0 Å². The summed E-state index contributed by atoms with van der Waals surface area (Å²) in [6.45, 7) is 0.354. The topological polar surface area (TPSA) is 48.1 Å². The molecule has 1 aromatic carbocycles. The van der Waals surface area contributed by atoms with E-state index in [2.05, 4.69) is 4.98 Å². The summed E-state index contributed by atoms with van der Waals surface area (Å²) >= 11 is 0. The van der Waals surface area contributed by atoms with Crippen molar-refractivity contribution in [2.24, 2.45) is 5.73 Å². The van der Waals surface area contributed by atoms with E-state index in [1.165, 1.54) is 12.1 Å². The van der Waals surface area contributed by atoms with Crippen LogP contribution in [0.25, 0.3) is 0 Å². The zero-order valence-corrected chi connectivity index (χ0v) is 8.56. The van der Waals surface area contributed by atoms with Gasteiger partial charge in [0.2, 0.25) is 0 Å². The Balaban J connectivity index is 2.26. The van der Waals surface area contributed by atoms with Gasteiger partial charge in [0, 0.05) is 24.4 Å². The van der Waals surface area contributed by atoms with Gasteiger partial charge >= 0.3 is 0 Å². The third kappa shape index (κ3) is 2.35. The zero-order chi connectivity index (χ0) is 11.4. The number of halogens is 1. The van der Waals surface area contributed by atoms with Gasteiger partial charge in [-0.3, -0.25) is 4.98 Å². The van der Waals surface area contributed by atoms with Gasteiger partial charge in [0.25, 0.3) is 0 Å². The first-order valence-corrected chi connectivity index (χ1v) is 4.86. The molecule has 0 amide bonds. The molecule has 0 spiro atoms. The first kappa shape index (κ1) is 10.6. The number of aromatic nitrogens is 1. The maximum atomic E-state index is 12.9. The highest BCUT2D eigenvalue weighted by molar-refractivity contribution is 5.35. The summed E-state index contributed by atoms with van der Waals surface area (Å²) in [5.41, 5.74) is 6.38. The van der Waals surface area contributed by atoms with Gasteiger partial charge < -0.3 is 10.5 Å². The molecule has 2 N–H and O–H groups in total. The molecule has 16 heavy (non-hydrogen) atoms. The number of hydrogen-bond donors (Lipinski definition) is 1. The second kappa shape index (κ2) is 4.72. The number of ether oxygens (including phenoxy) is 1. The van der Waals surface area contributed by atoms with Gasteiger partial charge in [0.05, 0.1) is 6.20 Å². The summed E-state index contributed by atoms with van der Waals surface area (Å²) in [7, 11) is 0. The molecule has 3 nitrogen and oxygen atoms in total. The van der Waals surface area contributed by atoms with Gasteiger partial charge in [0.1, 0.15) is 17.3 Å². The summed E-state index contributed by atoms with van der Waals surface area (Å²) in [6.07, 6.45) is 3.20. The van der Waals surface area contributed by atoms with Crippen molar-refractivity contribution in [1.82, 2.24) is 4.98 Å². The van der Waals surface area contributed by atoms with Crippen LogP contribution < -0.4 is 10.5 Å². The normalized spacial score (nSPS) is 10.1. The molecule has 1 aromatic heterocycles. The fourth-order valence-corrected chi connectivity index (χ4v) is 1.33. The predicted molar refractivity (Wildman–Crippen MR) is 58.6 cm³/mol. The van der Waals surface area contributed by atoms with E-state index in [0.717, 1.165) is 5.56 Å². The van der Waals surface area contributed by atoms with Gasteiger partial charge in [-0.2, -0.15) is 0 Å². The number of nitrogens with zero attached hydrogens (tertiary/aromatic N) is 1. The summed E-state index contributed by atoms with van der Waals surface area (Å²) in [4.78, 5) is 3.94. The molecule has 0 saturated carbocycles. The van der Waals surface area contributed by atoms with Crippen molar-refractivity contribution in [1.29, 1.82) is 0 Å². The van der Waals surface area contributed by atoms with Gasteiger partial charge in [-0.05, 0) is 18.2 Å². The Morgan fingerprint density at radius 2 is 2.19 bits per heavy atom. The molecule has 2 aromatic rings. The molecule has 4 heteroatoms. The molecule has 2 rings (SSSR count). The second-order valence-electron chi connectivity index (χ2n) is 3.25. The van der Waals surface area contributed by atoms with Crippen LogP contribution in [-0.2, 0) is 6.54 Å². The lowest BCUT2D eigenvalue weighted by atomic mass is 10.2. The van der Waals surface area contributed by atoms with Crippen LogP contribution in [0.5, 0.6) is 11.5 Å². The Morgan fingerprint density at radius 1 is 1.31 bits per heavy atom. The first-order valence-electron chi connectivity index (χ1n) is 4.86. The molecule has 0 aliphatic rings. The van der Waals surface area contributed by atoms with Gasteiger partial charge in [-0.25, -0.2) is 4.39 Å². The Hall–Kier alpha value is -1.94. The third-order valence-electron chi connectivity index (χ3n) is 2.11. The van der Waals surface area contributed by atoms with Crippen molar-refractivity contribution in [3.8, 4) is 11.5 Å². The van der Waals surface area contributed by atoms with Crippen LogP contribution >= 0.6 is 0 Å². The van der Waals surface area contributed by atoms with Crippen LogP contribution in [0, 0.1) is 5.82 Å². The lowest BCUT2D eigenvalue weighted by Crippen LogP contribution is -1.99. The first-order chi connectivity index (χ1) is 7.79. The van der Waals surface area contributed by atoms with E-state index < -0.39 is 0 Å². The molecular formula is C12H11FN2O. The molecule has 0 radical (unpaired) electrons. The Bertz CT molecular complexity index is 488. The van der Waals surface area contributed by atoms with Crippen molar-refractivity contribution < 1.29 is 9.13 Å². The van der Waals surface area contributed by atoms with Crippen LogP contribution in [0.1, 0.15) is 5.56 Å².